The fourth-order valence-corrected chi connectivity index (χ4v) is 3.38. The topological polar surface area (TPSA) is 208 Å². The van der Waals surface area contributed by atoms with Crippen LogP contribution in [0.4, 0.5) is 0 Å². The molecule has 0 aromatic heterocycles. The van der Waals surface area contributed by atoms with E-state index >= 15 is 0 Å². The molecule has 2 aromatic carbocycles. The summed E-state index contributed by atoms with van der Waals surface area (Å²) in [4.78, 5) is 60.1. The van der Waals surface area contributed by atoms with Crippen LogP contribution in [0.1, 0.15) is 24.0 Å². The molecule has 0 saturated carbocycles. The molecule has 0 heterocycles. The van der Waals surface area contributed by atoms with Crippen LogP contribution >= 0.6 is 0 Å². The summed E-state index contributed by atoms with van der Waals surface area (Å²) >= 11 is 0. The molecule has 2 rings (SSSR count). The van der Waals surface area contributed by atoms with E-state index in [1.165, 1.54) is 24.3 Å². The van der Waals surface area contributed by atoms with Gasteiger partial charge in [0.05, 0.1) is 12.6 Å². The van der Waals surface area contributed by atoms with E-state index in [1.807, 2.05) is 6.07 Å². The van der Waals surface area contributed by atoms with E-state index in [0.29, 0.717) is 5.56 Å². The van der Waals surface area contributed by atoms with Crippen molar-refractivity contribution in [2.45, 2.75) is 43.8 Å². The Kier molecular flexibility index (Phi) is 11.0. The zero-order valence-corrected chi connectivity index (χ0v) is 19.9. The third kappa shape index (κ3) is 10.4. The molecule has 0 saturated heterocycles. The number of benzene rings is 2. The quantitative estimate of drug-likeness (QED) is 0.174. The van der Waals surface area contributed by atoms with E-state index in [-0.39, 0.29) is 25.0 Å². The first kappa shape index (κ1) is 28.8. The minimum absolute atomic E-state index is 0.00998. The van der Waals surface area contributed by atoms with Crippen LogP contribution in [0.15, 0.2) is 54.6 Å². The van der Waals surface area contributed by atoms with Crippen LogP contribution in [0.3, 0.4) is 0 Å². The van der Waals surface area contributed by atoms with Crippen LogP contribution in [0.5, 0.6) is 5.75 Å². The average Bonchev–Trinajstić information content (AvgIpc) is 2.86. The Bertz CT molecular complexity index is 1090. The standard InChI is InChI=1S/C25H30N4O8/c26-18(12-15-4-2-1-3-5-15)23(34)27-14-21(31)28-19(10-11-22(32)33)24(35)29-20(25(36)37)13-16-6-8-17(30)9-7-16/h1-9,18-20,30H,10-14,26H2,(H,27,34)(H,28,31)(H,29,35)(H,32,33)(H,36,37). The minimum Gasteiger partial charge on any atom is -0.508 e. The van der Waals surface area contributed by atoms with Gasteiger partial charge in [-0.2, -0.15) is 0 Å². The summed E-state index contributed by atoms with van der Waals surface area (Å²) in [6.07, 6.45) is -0.645. The number of hydrogen-bond acceptors (Lipinski definition) is 7. The van der Waals surface area contributed by atoms with Gasteiger partial charge in [0.1, 0.15) is 17.8 Å². The van der Waals surface area contributed by atoms with Gasteiger partial charge in [-0.1, -0.05) is 42.5 Å². The number of hydrogen-bond donors (Lipinski definition) is 7. The van der Waals surface area contributed by atoms with Crippen molar-refractivity contribution >= 4 is 29.7 Å². The summed E-state index contributed by atoms with van der Waals surface area (Å²) in [5.74, 6) is -4.84. The van der Waals surface area contributed by atoms with E-state index in [4.69, 9.17) is 10.8 Å². The number of aliphatic carboxylic acids is 2. The number of carbonyl (C=O) groups excluding carboxylic acids is 3. The molecular weight excluding hydrogens is 484 g/mol. The number of amides is 3. The molecule has 0 aliphatic carbocycles. The van der Waals surface area contributed by atoms with Crippen LogP contribution in [-0.4, -0.2) is 69.7 Å². The summed E-state index contributed by atoms with van der Waals surface area (Å²) in [6, 6.07) is 11.1. The van der Waals surface area contributed by atoms with E-state index < -0.39 is 60.8 Å². The van der Waals surface area contributed by atoms with Gasteiger partial charge in [-0.15, -0.1) is 0 Å². The number of carbonyl (C=O) groups is 5. The van der Waals surface area contributed by atoms with Gasteiger partial charge in [-0.3, -0.25) is 19.2 Å². The highest BCUT2D eigenvalue weighted by Crippen LogP contribution is 2.12. The molecule has 0 aliphatic heterocycles. The highest BCUT2D eigenvalue weighted by atomic mass is 16.4. The van der Waals surface area contributed by atoms with Gasteiger partial charge in [0.2, 0.25) is 17.7 Å². The number of aromatic hydroxyl groups is 1. The lowest BCUT2D eigenvalue weighted by atomic mass is 10.0. The third-order valence-electron chi connectivity index (χ3n) is 5.35. The summed E-state index contributed by atoms with van der Waals surface area (Å²) in [7, 11) is 0. The number of nitrogens with one attached hydrogen (secondary N) is 3. The molecule has 198 valence electrons. The van der Waals surface area contributed by atoms with Crippen molar-refractivity contribution in [3.63, 3.8) is 0 Å². The van der Waals surface area contributed by atoms with Crippen LogP contribution in [0, 0.1) is 0 Å². The average molecular weight is 515 g/mol. The number of phenolic OH excluding ortho intramolecular Hbond substituents is 1. The Hall–Kier alpha value is -4.45. The molecule has 0 radical (unpaired) electrons. The molecular formula is C25H30N4O8. The van der Waals surface area contributed by atoms with E-state index in [0.717, 1.165) is 5.56 Å². The van der Waals surface area contributed by atoms with Crippen molar-refractivity contribution in [3.05, 3.63) is 65.7 Å². The van der Waals surface area contributed by atoms with Crippen molar-refractivity contribution in [2.75, 3.05) is 6.54 Å². The second kappa shape index (κ2) is 14.2. The lowest BCUT2D eigenvalue weighted by Crippen LogP contribution is -2.54. The van der Waals surface area contributed by atoms with Crippen molar-refractivity contribution < 1.29 is 39.3 Å². The zero-order chi connectivity index (χ0) is 27.4. The first-order valence-electron chi connectivity index (χ1n) is 11.4. The molecule has 0 fully saturated rings. The Morgan fingerprint density at radius 3 is 2.00 bits per heavy atom. The van der Waals surface area contributed by atoms with Crippen LogP contribution in [0.25, 0.3) is 0 Å². The predicted octanol–water partition coefficient (Wildman–Crippen LogP) is -0.460. The highest BCUT2D eigenvalue weighted by molar-refractivity contribution is 5.92. The summed E-state index contributed by atoms with van der Waals surface area (Å²) in [5.41, 5.74) is 7.23. The molecule has 2 aromatic rings. The van der Waals surface area contributed by atoms with Gasteiger partial charge in [0, 0.05) is 12.8 Å². The van der Waals surface area contributed by atoms with Gasteiger partial charge in [0.25, 0.3) is 0 Å². The second-order valence-electron chi connectivity index (χ2n) is 8.34. The first-order valence-corrected chi connectivity index (χ1v) is 11.4. The molecule has 8 N–H and O–H groups in total. The van der Waals surface area contributed by atoms with Crippen LogP contribution in [0.2, 0.25) is 0 Å². The molecule has 3 amide bonds. The first-order chi connectivity index (χ1) is 17.5. The highest BCUT2D eigenvalue weighted by Gasteiger charge is 2.27. The monoisotopic (exact) mass is 514 g/mol. The minimum atomic E-state index is -1.38. The smallest absolute Gasteiger partial charge is 0.326 e. The molecule has 3 atom stereocenters. The number of carboxylic acid groups (broad SMARTS) is 2. The van der Waals surface area contributed by atoms with Gasteiger partial charge < -0.3 is 37.0 Å². The van der Waals surface area contributed by atoms with Gasteiger partial charge in [-0.25, -0.2) is 4.79 Å². The van der Waals surface area contributed by atoms with Gasteiger partial charge >= 0.3 is 11.9 Å². The number of nitrogens with two attached hydrogens (primary N) is 1. The largest absolute Gasteiger partial charge is 0.508 e. The zero-order valence-electron chi connectivity index (χ0n) is 19.9. The van der Waals surface area contributed by atoms with Crippen molar-refractivity contribution in [1.29, 1.82) is 0 Å². The molecule has 0 bridgehead atoms. The lowest BCUT2D eigenvalue weighted by molar-refractivity contribution is -0.143. The van der Waals surface area contributed by atoms with Gasteiger partial charge in [0.15, 0.2) is 0 Å². The second-order valence-corrected chi connectivity index (χ2v) is 8.34. The molecule has 37 heavy (non-hydrogen) atoms. The maximum absolute atomic E-state index is 12.8. The van der Waals surface area contributed by atoms with E-state index in [1.54, 1.807) is 24.3 Å². The molecule has 3 unspecified atom stereocenters. The van der Waals surface area contributed by atoms with E-state index in [2.05, 4.69) is 16.0 Å². The van der Waals surface area contributed by atoms with E-state index in [9.17, 15) is 34.2 Å². The number of rotatable bonds is 14. The summed E-state index contributed by atoms with van der Waals surface area (Å²) in [5, 5.41) is 34.9. The Balaban J connectivity index is 1.96. The van der Waals surface area contributed by atoms with Crippen LogP contribution < -0.4 is 21.7 Å². The maximum Gasteiger partial charge on any atom is 0.326 e. The third-order valence-corrected chi connectivity index (χ3v) is 5.35. The fraction of sp³-hybridized carbons (Fsp3) is 0.320. The molecule has 12 nitrogen and oxygen atoms in total. The Labute approximate surface area is 212 Å². The van der Waals surface area contributed by atoms with Crippen molar-refractivity contribution in [1.82, 2.24) is 16.0 Å². The SMILES string of the molecule is NC(Cc1ccccc1)C(=O)NCC(=O)NC(CCC(=O)O)C(=O)NC(Cc1ccc(O)cc1)C(=O)O. The van der Waals surface area contributed by atoms with Gasteiger partial charge in [-0.05, 0) is 36.1 Å². The van der Waals surface area contributed by atoms with Crippen molar-refractivity contribution in [3.8, 4) is 5.75 Å². The Morgan fingerprint density at radius 2 is 1.41 bits per heavy atom. The normalized spacial score (nSPS) is 13.0. The summed E-state index contributed by atoms with van der Waals surface area (Å²) in [6.45, 7) is -0.520. The lowest BCUT2D eigenvalue weighted by Gasteiger charge is -2.21. The number of carboxylic acids is 2. The molecule has 0 spiro atoms. The number of phenols is 1. The van der Waals surface area contributed by atoms with Crippen molar-refractivity contribution in [2.24, 2.45) is 5.73 Å². The predicted molar refractivity (Wildman–Crippen MR) is 131 cm³/mol. The molecule has 12 heteroatoms. The van der Waals surface area contributed by atoms with Crippen LogP contribution in [-0.2, 0) is 36.8 Å². The fourth-order valence-electron chi connectivity index (χ4n) is 3.38. The Morgan fingerprint density at radius 1 is 0.784 bits per heavy atom. The molecule has 0 aliphatic rings. The summed E-state index contributed by atoms with van der Waals surface area (Å²) < 4.78 is 0. The maximum atomic E-state index is 12.8.